The summed E-state index contributed by atoms with van der Waals surface area (Å²) in [7, 11) is 0. The molecule has 0 saturated carbocycles. The number of carbonyl (C=O) groups is 2. The number of carboxylic acid groups (broad SMARTS) is 1. The van der Waals surface area contributed by atoms with Gasteiger partial charge in [0.15, 0.2) is 11.5 Å². The molecular formula is C29H39N3O7. The van der Waals surface area contributed by atoms with Gasteiger partial charge >= 0.3 is 5.97 Å². The number of aliphatic carboxylic acids is 1. The van der Waals surface area contributed by atoms with E-state index in [-0.39, 0.29) is 32.5 Å². The van der Waals surface area contributed by atoms with Gasteiger partial charge < -0.3 is 35.4 Å². The van der Waals surface area contributed by atoms with Crippen LogP contribution in [0.1, 0.15) is 47.9 Å². The summed E-state index contributed by atoms with van der Waals surface area (Å²) in [5.74, 6) is -1.39. The van der Waals surface area contributed by atoms with E-state index in [2.05, 4.69) is 6.92 Å². The summed E-state index contributed by atoms with van der Waals surface area (Å²) in [6.45, 7) is 3.46. The first-order chi connectivity index (χ1) is 18.9. The Morgan fingerprint density at radius 1 is 1.08 bits per heavy atom. The number of hydrogen-bond donors (Lipinski definition) is 4. The van der Waals surface area contributed by atoms with Crippen LogP contribution in [-0.4, -0.2) is 82.6 Å². The fraction of sp³-hybridized carbons (Fsp3) is 0.517. The monoisotopic (exact) mass is 541 g/mol. The van der Waals surface area contributed by atoms with E-state index in [9.17, 15) is 24.9 Å². The predicted octanol–water partition coefficient (Wildman–Crippen LogP) is 1.70. The lowest BCUT2D eigenvalue weighted by atomic mass is 9.82. The summed E-state index contributed by atoms with van der Waals surface area (Å²) < 4.78 is 11.1. The minimum atomic E-state index is -0.963. The fourth-order valence-corrected chi connectivity index (χ4v) is 5.80. The summed E-state index contributed by atoms with van der Waals surface area (Å²) in [5, 5.41) is 30.4. The van der Waals surface area contributed by atoms with E-state index < -0.39 is 23.8 Å². The SMILES string of the molecule is CCCCN(CCN)C(=O)CN1C[C@H](c2cc(CO)c3c(c2)OCO3)[C@@H](C(=O)O)[C@@H]1Cc1ccccc1CO. The van der Waals surface area contributed by atoms with E-state index in [4.69, 9.17) is 15.2 Å². The molecule has 2 aromatic carbocycles. The number of fused-ring (bicyclic) bond motifs is 1. The number of unbranched alkanes of at least 4 members (excludes halogenated alkanes) is 1. The summed E-state index contributed by atoms with van der Waals surface area (Å²) in [5.41, 5.74) is 8.62. The highest BCUT2D eigenvalue weighted by molar-refractivity contribution is 5.79. The Morgan fingerprint density at radius 2 is 1.82 bits per heavy atom. The molecule has 0 spiro atoms. The number of nitrogens with two attached hydrogens (primary N) is 1. The van der Waals surface area contributed by atoms with Crippen LogP contribution in [0, 0.1) is 5.92 Å². The largest absolute Gasteiger partial charge is 0.481 e. The van der Waals surface area contributed by atoms with E-state index in [1.165, 1.54) is 0 Å². The Kier molecular flexibility index (Phi) is 9.79. The molecule has 0 aliphatic carbocycles. The van der Waals surface area contributed by atoms with Gasteiger partial charge in [-0.1, -0.05) is 37.6 Å². The van der Waals surface area contributed by atoms with E-state index in [1.54, 1.807) is 17.0 Å². The molecule has 0 radical (unpaired) electrons. The Morgan fingerprint density at radius 3 is 2.49 bits per heavy atom. The van der Waals surface area contributed by atoms with E-state index >= 15 is 0 Å². The highest BCUT2D eigenvalue weighted by atomic mass is 16.7. The second-order valence-electron chi connectivity index (χ2n) is 10.2. The number of amides is 1. The number of aliphatic hydroxyl groups is 2. The van der Waals surface area contributed by atoms with Crippen LogP contribution < -0.4 is 15.2 Å². The molecule has 2 aliphatic rings. The molecule has 3 atom stereocenters. The molecule has 10 heteroatoms. The molecule has 4 rings (SSSR count). The highest BCUT2D eigenvalue weighted by Gasteiger charge is 2.47. The van der Waals surface area contributed by atoms with Crippen molar-refractivity contribution in [1.82, 2.24) is 9.80 Å². The van der Waals surface area contributed by atoms with Crippen molar-refractivity contribution in [3.8, 4) is 11.5 Å². The molecule has 39 heavy (non-hydrogen) atoms. The van der Waals surface area contributed by atoms with Gasteiger partial charge in [0.05, 0.1) is 25.7 Å². The van der Waals surface area contributed by atoms with Crippen molar-refractivity contribution in [1.29, 1.82) is 0 Å². The van der Waals surface area contributed by atoms with Crippen LogP contribution in [-0.2, 0) is 29.2 Å². The summed E-state index contributed by atoms with van der Waals surface area (Å²) >= 11 is 0. The van der Waals surface area contributed by atoms with Crippen LogP contribution in [0.5, 0.6) is 11.5 Å². The zero-order valence-electron chi connectivity index (χ0n) is 22.4. The van der Waals surface area contributed by atoms with Gasteiger partial charge in [-0.2, -0.15) is 0 Å². The van der Waals surface area contributed by atoms with Gasteiger partial charge in [-0.15, -0.1) is 0 Å². The second-order valence-corrected chi connectivity index (χ2v) is 10.2. The van der Waals surface area contributed by atoms with E-state index in [0.29, 0.717) is 49.7 Å². The van der Waals surface area contributed by atoms with E-state index in [0.717, 1.165) is 29.5 Å². The molecular weight excluding hydrogens is 502 g/mol. The Balaban J connectivity index is 1.71. The highest BCUT2D eigenvalue weighted by Crippen LogP contribution is 2.44. The third-order valence-corrected chi connectivity index (χ3v) is 7.79. The first-order valence-electron chi connectivity index (χ1n) is 13.6. The predicted molar refractivity (Wildman–Crippen MR) is 144 cm³/mol. The number of rotatable bonds is 13. The number of likely N-dealkylation sites (tertiary alicyclic amines) is 1. The molecule has 1 saturated heterocycles. The average Bonchev–Trinajstić information content (AvgIpc) is 3.55. The minimum Gasteiger partial charge on any atom is -0.481 e. The Labute approximate surface area is 228 Å². The number of nitrogens with zero attached hydrogens (tertiary/aromatic N) is 2. The minimum absolute atomic E-state index is 0.0365. The summed E-state index contributed by atoms with van der Waals surface area (Å²) in [6.07, 6.45) is 2.17. The summed E-state index contributed by atoms with van der Waals surface area (Å²) in [6, 6.07) is 10.5. The van der Waals surface area contributed by atoms with Crippen molar-refractivity contribution in [2.24, 2.45) is 11.7 Å². The molecule has 2 heterocycles. The molecule has 10 nitrogen and oxygen atoms in total. The maximum atomic E-state index is 13.5. The maximum Gasteiger partial charge on any atom is 0.308 e. The van der Waals surface area contributed by atoms with Gasteiger partial charge in [0.2, 0.25) is 12.7 Å². The Hall–Kier alpha value is -3.18. The molecule has 0 unspecified atom stereocenters. The number of carboxylic acids is 1. The third kappa shape index (κ3) is 6.36. The third-order valence-electron chi connectivity index (χ3n) is 7.79. The fourth-order valence-electron chi connectivity index (χ4n) is 5.80. The normalized spacial score (nSPS) is 20.4. The van der Waals surface area contributed by atoms with Crippen molar-refractivity contribution in [3.05, 3.63) is 58.7 Å². The molecule has 0 aromatic heterocycles. The molecule has 1 amide bonds. The smallest absolute Gasteiger partial charge is 0.308 e. The van der Waals surface area contributed by atoms with Crippen molar-refractivity contribution < 1.29 is 34.4 Å². The number of ether oxygens (including phenoxy) is 2. The van der Waals surface area contributed by atoms with Crippen LogP contribution in [0.25, 0.3) is 0 Å². The lowest BCUT2D eigenvalue weighted by Gasteiger charge is -2.30. The van der Waals surface area contributed by atoms with Crippen LogP contribution >= 0.6 is 0 Å². The Bertz CT molecular complexity index is 1160. The standard InChI is InChI=1S/C29H39N3O7/c1-2-3-9-31(10-8-30)26(35)15-32-14-23(21-11-22(17-34)28-25(13-21)38-18-39-28)27(29(36)37)24(32)12-19-6-4-5-7-20(19)16-33/h4-7,11,13,23-24,27,33-34H,2-3,8-10,12,14-18,30H2,1H3,(H,36,37)/t23-,24+,27-/m1/s1. The molecule has 5 N–H and O–H groups in total. The van der Waals surface area contributed by atoms with Gasteiger partial charge in [-0.25, -0.2) is 0 Å². The first-order valence-corrected chi connectivity index (χ1v) is 13.6. The van der Waals surface area contributed by atoms with Gasteiger partial charge in [-0.05, 0) is 41.7 Å². The maximum absolute atomic E-state index is 13.5. The number of benzene rings is 2. The molecule has 2 aromatic rings. The quantitative estimate of drug-likeness (QED) is 0.298. The first kappa shape index (κ1) is 28.8. The van der Waals surface area contributed by atoms with Gasteiger partial charge in [0.25, 0.3) is 0 Å². The van der Waals surface area contributed by atoms with Crippen molar-refractivity contribution in [3.63, 3.8) is 0 Å². The molecule has 0 bridgehead atoms. The van der Waals surface area contributed by atoms with Gasteiger partial charge in [0, 0.05) is 43.7 Å². The molecule has 212 valence electrons. The zero-order valence-corrected chi connectivity index (χ0v) is 22.4. The van der Waals surface area contributed by atoms with E-state index in [1.807, 2.05) is 29.2 Å². The van der Waals surface area contributed by atoms with Crippen LogP contribution in [0.3, 0.4) is 0 Å². The molecule has 1 fully saturated rings. The van der Waals surface area contributed by atoms with Crippen LogP contribution in [0.2, 0.25) is 0 Å². The summed E-state index contributed by atoms with van der Waals surface area (Å²) in [4.78, 5) is 30.0. The number of aliphatic hydroxyl groups excluding tert-OH is 2. The van der Waals surface area contributed by atoms with Crippen molar-refractivity contribution in [2.45, 2.75) is 51.4 Å². The second kappa shape index (κ2) is 13.3. The number of carbonyl (C=O) groups excluding carboxylic acids is 1. The lowest BCUT2D eigenvalue weighted by Crippen LogP contribution is -2.46. The van der Waals surface area contributed by atoms with Crippen molar-refractivity contribution in [2.75, 3.05) is 39.5 Å². The van der Waals surface area contributed by atoms with Gasteiger partial charge in [0.1, 0.15) is 0 Å². The molecule has 2 aliphatic heterocycles. The van der Waals surface area contributed by atoms with Crippen LogP contribution in [0.4, 0.5) is 0 Å². The van der Waals surface area contributed by atoms with Crippen LogP contribution in [0.15, 0.2) is 36.4 Å². The average molecular weight is 542 g/mol. The lowest BCUT2D eigenvalue weighted by molar-refractivity contribution is -0.143. The number of hydrogen-bond acceptors (Lipinski definition) is 8. The van der Waals surface area contributed by atoms with Crippen molar-refractivity contribution >= 4 is 11.9 Å². The topological polar surface area (TPSA) is 146 Å². The zero-order chi connectivity index (χ0) is 27.9. The van der Waals surface area contributed by atoms with Gasteiger partial charge in [-0.3, -0.25) is 14.5 Å².